The number of alkyl halides is 3. The van der Waals surface area contributed by atoms with Gasteiger partial charge in [0.05, 0.1) is 5.41 Å². The SMILES string of the molecule is CC1(C(=O)NCCCCC(F)(F)F)CCCC1N. The van der Waals surface area contributed by atoms with E-state index >= 15 is 0 Å². The minimum atomic E-state index is -4.11. The van der Waals surface area contributed by atoms with E-state index in [1.54, 1.807) is 0 Å². The number of nitrogens with two attached hydrogens (primary N) is 1. The highest BCUT2D eigenvalue weighted by Gasteiger charge is 2.42. The molecule has 0 aromatic heterocycles. The third-order valence-electron chi connectivity index (χ3n) is 3.72. The molecule has 0 aromatic carbocycles. The molecule has 1 amide bonds. The van der Waals surface area contributed by atoms with Gasteiger partial charge in [-0.1, -0.05) is 6.42 Å². The van der Waals surface area contributed by atoms with Gasteiger partial charge in [-0.2, -0.15) is 13.2 Å². The first-order chi connectivity index (χ1) is 8.26. The van der Waals surface area contributed by atoms with Crippen LogP contribution in [0.4, 0.5) is 13.2 Å². The van der Waals surface area contributed by atoms with Crippen LogP contribution in [0.1, 0.15) is 45.4 Å². The smallest absolute Gasteiger partial charge is 0.356 e. The maximum Gasteiger partial charge on any atom is 0.389 e. The molecule has 6 heteroatoms. The Labute approximate surface area is 105 Å². The third-order valence-corrected chi connectivity index (χ3v) is 3.72. The average Bonchev–Trinajstić information content (AvgIpc) is 2.58. The van der Waals surface area contributed by atoms with Crippen molar-refractivity contribution in [3.05, 3.63) is 0 Å². The van der Waals surface area contributed by atoms with Crippen LogP contribution in [0.25, 0.3) is 0 Å². The summed E-state index contributed by atoms with van der Waals surface area (Å²) >= 11 is 0. The number of hydrogen-bond acceptors (Lipinski definition) is 2. The zero-order valence-corrected chi connectivity index (χ0v) is 10.6. The van der Waals surface area contributed by atoms with E-state index in [2.05, 4.69) is 5.32 Å². The topological polar surface area (TPSA) is 55.1 Å². The molecule has 0 spiro atoms. The van der Waals surface area contributed by atoms with E-state index in [4.69, 9.17) is 5.73 Å². The molecule has 1 aliphatic carbocycles. The molecule has 0 aromatic rings. The molecular weight excluding hydrogens is 245 g/mol. The van der Waals surface area contributed by atoms with Crippen LogP contribution in [-0.4, -0.2) is 24.7 Å². The monoisotopic (exact) mass is 266 g/mol. The lowest BCUT2D eigenvalue weighted by molar-refractivity contribution is -0.135. The van der Waals surface area contributed by atoms with E-state index in [-0.39, 0.29) is 24.9 Å². The van der Waals surface area contributed by atoms with Gasteiger partial charge >= 0.3 is 6.18 Å². The Bertz CT molecular complexity index is 294. The second kappa shape index (κ2) is 5.91. The highest BCUT2D eigenvalue weighted by atomic mass is 19.4. The number of nitrogens with one attached hydrogen (secondary N) is 1. The van der Waals surface area contributed by atoms with Gasteiger partial charge in [0.15, 0.2) is 0 Å². The van der Waals surface area contributed by atoms with Crippen molar-refractivity contribution in [2.75, 3.05) is 6.54 Å². The zero-order chi connectivity index (χ0) is 13.8. The molecule has 1 rings (SSSR count). The van der Waals surface area contributed by atoms with Crippen molar-refractivity contribution in [1.29, 1.82) is 0 Å². The normalized spacial score (nSPS) is 28.4. The quantitative estimate of drug-likeness (QED) is 0.750. The fourth-order valence-corrected chi connectivity index (χ4v) is 2.33. The first-order valence-electron chi connectivity index (χ1n) is 6.36. The molecule has 18 heavy (non-hydrogen) atoms. The molecule has 0 radical (unpaired) electrons. The van der Waals surface area contributed by atoms with E-state index in [0.29, 0.717) is 6.42 Å². The van der Waals surface area contributed by atoms with Crippen molar-refractivity contribution < 1.29 is 18.0 Å². The van der Waals surface area contributed by atoms with Gasteiger partial charge in [-0.05, 0) is 32.6 Å². The molecule has 1 fully saturated rings. The average molecular weight is 266 g/mol. The predicted molar refractivity (Wildman–Crippen MR) is 62.8 cm³/mol. The van der Waals surface area contributed by atoms with Gasteiger partial charge in [-0.15, -0.1) is 0 Å². The summed E-state index contributed by atoms with van der Waals surface area (Å²) in [7, 11) is 0. The molecule has 0 saturated heterocycles. The molecule has 3 N–H and O–H groups in total. The molecule has 2 unspecified atom stereocenters. The Morgan fingerprint density at radius 2 is 2.11 bits per heavy atom. The molecule has 0 aliphatic heterocycles. The van der Waals surface area contributed by atoms with Crippen LogP contribution < -0.4 is 11.1 Å². The maximum atomic E-state index is 11.9. The van der Waals surface area contributed by atoms with Gasteiger partial charge in [-0.25, -0.2) is 0 Å². The van der Waals surface area contributed by atoms with Crippen LogP contribution in [0.15, 0.2) is 0 Å². The molecule has 1 aliphatic rings. The van der Waals surface area contributed by atoms with E-state index in [1.807, 2.05) is 6.92 Å². The standard InChI is InChI=1S/C12H21F3N2O/c1-11(6-4-5-9(11)16)10(18)17-8-3-2-7-12(13,14)15/h9H,2-8,16H2,1H3,(H,17,18). The van der Waals surface area contributed by atoms with E-state index < -0.39 is 18.0 Å². The van der Waals surface area contributed by atoms with E-state index in [1.165, 1.54) is 0 Å². The second-order valence-corrected chi connectivity index (χ2v) is 5.24. The second-order valence-electron chi connectivity index (χ2n) is 5.24. The first kappa shape index (κ1) is 15.3. The number of carbonyl (C=O) groups is 1. The summed E-state index contributed by atoms with van der Waals surface area (Å²) in [5.41, 5.74) is 5.34. The number of halogens is 3. The lowest BCUT2D eigenvalue weighted by Crippen LogP contribution is -2.47. The van der Waals surface area contributed by atoms with Gasteiger partial charge in [0.2, 0.25) is 5.91 Å². The van der Waals surface area contributed by atoms with Gasteiger partial charge in [-0.3, -0.25) is 4.79 Å². The summed E-state index contributed by atoms with van der Waals surface area (Å²) in [6.45, 7) is 2.12. The van der Waals surface area contributed by atoms with Crippen LogP contribution in [0.2, 0.25) is 0 Å². The van der Waals surface area contributed by atoms with Gasteiger partial charge in [0, 0.05) is 19.0 Å². The number of amides is 1. The summed E-state index contributed by atoms with van der Waals surface area (Å²) in [5.74, 6) is -0.125. The summed E-state index contributed by atoms with van der Waals surface area (Å²) in [6, 6.07) is -0.146. The lowest BCUT2D eigenvalue weighted by Gasteiger charge is -2.27. The summed E-state index contributed by atoms with van der Waals surface area (Å²) in [5, 5.41) is 2.70. The van der Waals surface area contributed by atoms with Gasteiger partial charge in [0.25, 0.3) is 0 Å². The van der Waals surface area contributed by atoms with Crippen LogP contribution in [0, 0.1) is 5.41 Å². The molecule has 3 nitrogen and oxygen atoms in total. The van der Waals surface area contributed by atoms with Crippen molar-refractivity contribution >= 4 is 5.91 Å². The molecular formula is C12H21F3N2O. The molecule has 1 saturated carbocycles. The molecule has 106 valence electrons. The van der Waals surface area contributed by atoms with Crippen molar-refractivity contribution in [2.45, 2.75) is 57.7 Å². The first-order valence-corrected chi connectivity index (χ1v) is 6.36. The predicted octanol–water partition coefficient (Wildman–Crippen LogP) is 2.35. The Hall–Kier alpha value is -0.780. The highest BCUT2D eigenvalue weighted by molar-refractivity contribution is 5.83. The lowest BCUT2D eigenvalue weighted by atomic mass is 9.84. The van der Waals surface area contributed by atoms with Crippen LogP contribution in [0.3, 0.4) is 0 Å². The minimum Gasteiger partial charge on any atom is -0.356 e. The van der Waals surface area contributed by atoms with E-state index in [0.717, 1.165) is 19.3 Å². The molecule has 0 heterocycles. The zero-order valence-electron chi connectivity index (χ0n) is 10.6. The Morgan fingerprint density at radius 1 is 1.44 bits per heavy atom. The van der Waals surface area contributed by atoms with Crippen molar-refractivity contribution in [1.82, 2.24) is 5.32 Å². The van der Waals surface area contributed by atoms with Crippen molar-refractivity contribution in [3.8, 4) is 0 Å². The van der Waals surface area contributed by atoms with E-state index in [9.17, 15) is 18.0 Å². The third kappa shape index (κ3) is 4.15. The van der Waals surface area contributed by atoms with Gasteiger partial charge in [0.1, 0.15) is 0 Å². The van der Waals surface area contributed by atoms with Gasteiger partial charge < -0.3 is 11.1 Å². The number of rotatable bonds is 5. The largest absolute Gasteiger partial charge is 0.389 e. The highest BCUT2D eigenvalue weighted by Crippen LogP contribution is 2.36. The Balaban J connectivity index is 2.22. The van der Waals surface area contributed by atoms with Crippen molar-refractivity contribution in [2.24, 2.45) is 11.1 Å². The number of unbranched alkanes of at least 4 members (excludes halogenated alkanes) is 1. The maximum absolute atomic E-state index is 11.9. The van der Waals surface area contributed by atoms with Crippen LogP contribution in [-0.2, 0) is 4.79 Å². The molecule has 2 atom stereocenters. The Morgan fingerprint density at radius 3 is 2.61 bits per heavy atom. The summed E-state index contributed by atoms with van der Waals surface area (Å²) < 4.78 is 35.7. The Kier molecular flexibility index (Phi) is 5.01. The molecule has 0 bridgehead atoms. The summed E-state index contributed by atoms with van der Waals surface area (Å²) in [6.07, 6.45) is -1.99. The fourth-order valence-electron chi connectivity index (χ4n) is 2.33. The minimum absolute atomic E-state index is 0.0482. The summed E-state index contributed by atoms with van der Waals surface area (Å²) in [4.78, 5) is 11.9. The van der Waals surface area contributed by atoms with Crippen LogP contribution >= 0.6 is 0 Å². The fraction of sp³-hybridized carbons (Fsp3) is 0.917. The van der Waals surface area contributed by atoms with Crippen molar-refractivity contribution in [3.63, 3.8) is 0 Å². The number of carbonyl (C=O) groups excluding carboxylic acids is 1. The van der Waals surface area contributed by atoms with Crippen LogP contribution in [0.5, 0.6) is 0 Å². The number of hydrogen-bond donors (Lipinski definition) is 2.